The van der Waals surface area contributed by atoms with Gasteiger partial charge in [-0.25, -0.2) is 0 Å². The van der Waals surface area contributed by atoms with Gasteiger partial charge < -0.3 is 5.11 Å². The van der Waals surface area contributed by atoms with Crippen LogP contribution in [-0.4, -0.2) is 21.7 Å². The standard InChI is InChI=1S/C12H24OS/c1-9(2)8-10(3)12(13)6-5-7-14-11(12)4/h9-11,13H,5-8H2,1-4H3. The molecule has 1 saturated heterocycles. The molecule has 0 aromatic carbocycles. The summed E-state index contributed by atoms with van der Waals surface area (Å²) in [5.74, 6) is 2.34. The lowest BCUT2D eigenvalue weighted by Gasteiger charge is -2.42. The van der Waals surface area contributed by atoms with E-state index >= 15 is 0 Å². The summed E-state index contributed by atoms with van der Waals surface area (Å²) >= 11 is 1.93. The zero-order valence-corrected chi connectivity index (χ0v) is 10.7. The topological polar surface area (TPSA) is 20.2 Å². The maximum absolute atomic E-state index is 10.6. The van der Waals surface area contributed by atoms with Gasteiger partial charge in [-0.3, -0.25) is 0 Å². The second kappa shape index (κ2) is 4.89. The first kappa shape index (κ1) is 12.4. The molecule has 0 bridgehead atoms. The highest BCUT2D eigenvalue weighted by atomic mass is 32.2. The molecule has 0 saturated carbocycles. The fourth-order valence-corrected chi connectivity index (χ4v) is 3.82. The van der Waals surface area contributed by atoms with Gasteiger partial charge in [0.1, 0.15) is 0 Å². The molecule has 0 radical (unpaired) electrons. The van der Waals surface area contributed by atoms with E-state index in [-0.39, 0.29) is 0 Å². The largest absolute Gasteiger partial charge is 0.388 e. The quantitative estimate of drug-likeness (QED) is 0.781. The van der Waals surface area contributed by atoms with Crippen molar-refractivity contribution in [2.75, 3.05) is 5.75 Å². The molecule has 0 aromatic rings. The molecule has 2 heteroatoms. The molecule has 14 heavy (non-hydrogen) atoms. The molecule has 0 aliphatic carbocycles. The monoisotopic (exact) mass is 216 g/mol. The minimum atomic E-state index is -0.410. The average molecular weight is 216 g/mol. The van der Waals surface area contributed by atoms with Crippen molar-refractivity contribution < 1.29 is 5.11 Å². The molecule has 0 aromatic heterocycles. The summed E-state index contributed by atoms with van der Waals surface area (Å²) < 4.78 is 0. The summed E-state index contributed by atoms with van der Waals surface area (Å²) in [4.78, 5) is 0. The summed E-state index contributed by atoms with van der Waals surface area (Å²) in [7, 11) is 0. The van der Waals surface area contributed by atoms with E-state index < -0.39 is 5.60 Å². The molecule has 1 rings (SSSR count). The minimum absolute atomic E-state index is 0.407. The molecule has 1 aliphatic rings. The van der Waals surface area contributed by atoms with E-state index in [4.69, 9.17) is 0 Å². The second-order valence-electron chi connectivity index (χ2n) is 5.14. The van der Waals surface area contributed by atoms with Crippen LogP contribution in [0.1, 0.15) is 47.0 Å². The summed E-state index contributed by atoms with van der Waals surface area (Å²) in [5.41, 5.74) is -0.410. The van der Waals surface area contributed by atoms with Crippen molar-refractivity contribution in [3.8, 4) is 0 Å². The molecule has 0 amide bonds. The predicted molar refractivity (Wildman–Crippen MR) is 64.7 cm³/mol. The van der Waals surface area contributed by atoms with Gasteiger partial charge in [0.2, 0.25) is 0 Å². The lowest BCUT2D eigenvalue weighted by Crippen LogP contribution is -2.47. The van der Waals surface area contributed by atoms with Gasteiger partial charge >= 0.3 is 0 Å². The average Bonchev–Trinajstić information content (AvgIpc) is 2.09. The summed E-state index contributed by atoms with van der Waals surface area (Å²) in [6.07, 6.45) is 3.31. The smallest absolute Gasteiger partial charge is 0.0788 e. The van der Waals surface area contributed by atoms with Crippen LogP contribution in [0.3, 0.4) is 0 Å². The summed E-state index contributed by atoms with van der Waals surface area (Å²) in [6, 6.07) is 0. The normalized spacial score (nSPS) is 36.0. The molecule has 1 heterocycles. The van der Waals surface area contributed by atoms with E-state index in [1.54, 1.807) is 0 Å². The van der Waals surface area contributed by atoms with Crippen LogP contribution < -0.4 is 0 Å². The molecule has 1 aliphatic heterocycles. The van der Waals surface area contributed by atoms with Gasteiger partial charge in [-0.2, -0.15) is 11.8 Å². The van der Waals surface area contributed by atoms with E-state index in [2.05, 4.69) is 27.7 Å². The van der Waals surface area contributed by atoms with Crippen molar-refractivity contribution in [1.82, 2.24) is 0 Å². The summed E-state index contributed by atoms with van der Waals surface area (Å²) in [6.45, 7) is 8.87. The molecule has 1 N–H and O–H groups in total. The Morgan fingerprint density at radius 3 is 2.57 bits per heavy atom. The van der Waals surface area contributed by atoms with Crippen molar-refractivity contribution in [3.63, 3.8) is 0 Å². The third-order valence-corrected chi connectivity index (χ3v) is 4.90. The van der Waals surface area contributed by atoms with Gasteiger partial charge in [0.25, 0.3) is 0 Å². The Labute approximate surface area is 92.7 Å². The van der Waals surface area contributed by atoms with Crippen LogP contribution in [0.2, 0.25) is 0 Å². The number of aliphatic hydroxyl groups is 1. The molecule has 1 fully saturated rings. The Hall–Kier alpha value is 0.310. The minimum Gasteiger partial charge on any atom is -0.388 e. The second-order valence-corrected chi connectivity index (χ2v) is 6.59. The third kappa shape index (κ3) is 2.66. The Morgan fingerprint density at radius 2 is 2.07 bits per heavy atom. The van der Waals surface area contributed by atoms with Crippen molar-refractivity contribution in [1.29, 1.82) is 0 Å². The first-order valence-corrected chi connectivity index (χ1v) is 6.85. The van der Waals surface area contributed by atoms with Crippen molar-refractivity contribution in [3.05, 3.63) is 0 Å². The highest BCUT2D eigenvalue weighted by molar-refractivity contribution is 8.00. The highest BCUT2D eigenvalue weighted by Gasteiger charge is 2.41. The van der Waals surface area contributed by atoms with Gasteiger partial charge in [0.15, 0.2) is 0 Å². The first-order chi connectivity index (χ1) is 6.47. The Kier molecular flexibility index (Phi) is 4.32. The highest BCUT2D eigenvalue weighted by Crippen LogP contribution is 2.40. The van der Waals surface area contributed by atoms with Crippen LogP contribution in [0.15, 0.2) is 0 Å². The van der Waals surface area contributed by atoms with Crippen LogP contribution in [0.25, 0.3) is 0 Å². The number of hydrogen-bond acceptors (Lipinski definition) is 2. The molecular weight excluding hydrogens is 192 g/mol. The molecule has 1 nitrogen and oxygen atoms in total. The van der Waals surface area contributed by atoms with E-state index in [0.29, 0.717) is 17.1 Å². The number of rotatable bonds is 3. The van der Waals surface area contributed by atoms with Gasteiger partial charge in [-0.05, 0) is 36.9 Å². The molecule has 3 unspecified atom stereocenters. The van der Waals surface area contributed by atoms with Gasteiger partial charge in [-0.1, -0.05) is 27.7 Å². The zero-order valence-electron chi connectivity index (χ0n) is 9.92. The molecule has 0 spiro atoms. The van der Waals surface area contributed by atoms with Crippen LogP contribution in [0.4, 0.5) is 0 Å². The Morgan fingerprint density at radius 1 is 1.43 bits per heavy atom. The first-order valence-electron chi connectivity index (χ1n) is 5.80. The van der Waals surface area contributed by atoms with Gasteiger partial charge in [-0.15, -0.1) is 0 Å². The van der Waals surface area contributed by atoms with Gasteiger partial charge in [0, 0.05) is 5.25 Å². The maximum atomic E-state index is 10.6. The zero-order chi connectivity index (χ0) is 10.8. The van der Waals surface area contributed by atoms with Crippen LogP contribution in [0, 0.1) is 11.8 Å². The number of thioether (sulfide) groups is 1. The van der Waals surface area contributed by atoms with Crippen LogP contribution in [-0.2, 0) is 0 Å². The lowest BCUT2D eigenvalue weighted by molar-refractivity contribution is -0.0280. The van der Waals surface area contributed by atoms with E-state index in [1.165, 1.54) is 12.2 Å². The van der Waals surface area contributed by atoms with Crippen molar-refractivity contribution in [2.24, 2.45) is 11.8 Å². The lowest BCUT2D eigenvalue weighted by atomic mass is 9.78. The van der Waals surface area contributed by atoms with E-state index in [1.807, 2.05) is 11.8 Å². The Bertz CT molecular complexity index is 181. The molecule has 3 atom stereocenters. The molecule has 84 valence electrons. The third-order valence-electron chi connectivity index (χ3n) is 3.47. The fourth-order valence-electron chi connectivity index (χ4n) is 2.52. The fraction of sp³-hybridized carbons (Fsp3) is 1.00. The summed E-state index contributed by atoms with van der Waals surface area (Å²) in [5, 5.41) is 11.0. The van der Waals surface area contributed by atoms with Gasteiger partial charge in [0.05, 0.1) is 5.60 Å². The van der Waals surface area contributed by atoms with Crippen LogP contribution >= 0.6 is 11.8 Å². The van der Waals surface area contributed by atoms with Crippen LogP contribution in [0.5, 0.6) is 0 Å². The maximum Gasteiger partial charge on any atom is 0.0788 e. The van der Waals surface area contributed by atoms with Crippen molar-refractivity contribution in [2.45, 2.75) is 57.8 Å². The Balaban J connectivity index is 2.61. The SMILES string of the molecule is CC(C)CC(C)C1(O)CCCSC1C. The van der Waals surface area contributed by atoms with Crippen molar-refractivity contribution >= 4 is 11.8 Å². The van der Waals surface area contributed by atoms with E-state index in [9.17, 15) is 5.11 Å². The number of hydrogen-bond donors (Lipinski definition) is 1. The molecular formula is C12H24OS. The predicted octanol–water partition coefficient (Wildman–Crippen LogP) is 3.32. The van der Waals surface area contributed by atoms with E-state index in [0.717, 1.165) is 12.8 Å².